The molecule has 0 bridgehead atoms. The molecule has 0 saturated carbocycles. The number of furan rings is 1. The standard InChI is InChI=1S/C19H21N3O8/c1-10(24)27-12-6-16(19(25)26-2)30-17(7-12)29-15-4-3-11(9-23)18-14(15)5-13(28-18)8-21-22-20/h3-5,12,16-17,23H,6-9H2,1-2H3/t12-,16-,17+/m0/s1. The quantitative estimate of drug-likeness (QED) is 0.311. The van der Waals surface area contributed by atoms with E-state index in [1.165, 1.54) is 14.0 Å². The summed E-state index contributed by atoms with van der Waals surface area (Å²) in [5, 5.41) is 13.6. The maximum atomic E-state index is 12.0. The Hall–Kier alpha value is -3.27. The first-order valence-corrected chi connectivity index (χ1v) is 9.18. The van der Waals surface area contributed by atoms with Crippen molar-refractivity contribution in [3.8, 4) is 5.75 Å². The third-order valence-corrected chi connectivity index (χ3v) is 4.54. The highest BCUT2D eigenvalue weighted by Gasteiger charge is 2.37. The summed E-state index contributed by atoms with van der Waals surface area (Å²) in [5.41, 5.74) is 9.42. The third kappa shape index (κ3) is 4.82. The summed E-state index contributed by atoms with van der Waals surface area (Å²) in [6.07, 6.45) is -2.06. The molecule has 11 nitrogen and oxygen atoms in total. The van der Waals surface area contributed by atoms with Crippen LogP contribution in [0.5, 0.6) is 5.75 Å². The fourth-order valence-electron chi connectivity index (χ4n) is 3.29. The van der Waals surface area contributed by atoms with E-state index in [2.05, 4.69) is 10.0 Å². The number of carbonyl (C=O) groups excluding carboxylic acids is 2. The minimum absolute atomic E-state index is 0.00560. The van der Waals surface area contributed by atoms with Gasteiger partial charge in [0.05, 0.1) is 25.6 Å². The van der Waals surface area contributed by atoms with Gasteiger partial charge in [-0.05, 0) is 23.7 Å². The molecule has 1 fully saturated rings. The van der Waals surface area contributed by atoms with Crippen molar-refractivity contribution in [1.82, 2.24) is 0 Å². The number of esters is 2. The van der Waals surface area contributed by atoms with Crippen LogP contribution in [0, 0.1) is 0 Å². The summed E-state index contributed by atoms with van der Waals surface area (Å²) >= 11 is 0. The third-order valence-electron chi connectivity index (χ3n) is 4.54. The molecular weight excluding hydrogens is 398 g/mol. The fourth-order valence-corrected chi connectivity index (χ4v) is 3.29. The van der Waals surface area contributed by atoms with Crippen LogP contribution in [0.2, 0.25) is 0 Å². The lowest BCUT2D eigenvalue weighted by Gasteiger charge is -2.33. The topological polar surface area (TPSA) is 153 Å². The molecule has 30 heavy (non-hydrogen) atoms. The van der Waals surface area contributed by atoms with Crippen LogP contribution in [0.25, 0.3) is 21.4 Å². The number of benzene rings is 1. The van der Waals surface area contributed by atoms with Gasteiger partial charge in [-0.15, -0.1) is 0 Å². The fraction of sp³-hybridized carbons (Fsp3) is 0.474. The molecule has 1 aromatic heterocycles. The van der Waals surface area contributed by atoms with Crippen molar-refractivity contribution in [1.29, 1.82) is 0 Å². The summed E-state index contributed by atoms with van der Waals surface area (Å²) < 4.78 is 27.3. The second-order valence-corrected chi connectivity index (χ2v) is 6.62. The predicted octanol–water partition coefficient (Wildman–Crippen LogP) is 2.72. The van der Waals surface area contributed by atoms with Crippen LogP contribution >= 0.6 is 0 Å². The number of methoxy groups -OCH3 is 1. The lowest BCUT2D eigenvalue weighted by molar-refractivity contribution is -0.204. The molecule has 0 aliphatic carbocycles. The van der Waals surface area contributed by atoms with E-state index in [1.54, 1.807) is 18.2 Å². The molecule has 11 heteroatoms. The summed E-state index contributed by atoms with van der Waals surface area (Å²) in [6, 6.07) is 4.90. The van der Waals surface area contributed by atoms with Crippen molar-refractivity contribution in [3.05, 3.63) is 40.0 Å². The Morgan fingerprint density at radius 1 is 1.37 bits per heavy atom. The zero-order valence-electron chi connectivity index (χ0n) is 16.4. The van der Waals surface area contributed by atoms with Gasteiger partial charge in [0.1, 0.15) is 23.2 Å². The zero-order chi connectivity index (χ0) is 21.7. The molecule has 2 aromatic rings. The maximum Gasteiger partial charge on any atom is 0.335 e. The number of hydrogen-bond donors (Lipinski definition) is 1. The molecule has 2 heterocycles. The Kier molecular flexibility index (Phi) is 6.78. The molecule has 0 amide bonds. The first-order chi connectivity index (χ1) is 14.4. The maximum absolute atomic E-state index is 12.0. The van der Waals surface area contributed by atoms with Crippen LogP contribution in [0.1, 0.15) is 31.1 Å². The summed E-state index contributed by atoms with van der Waals surface area (Å²) in [7, 11) is 1.24. The first-order valence-electron chi connectivity index (χ1n) is 9.18. The van der Waals surface area contributed by atoms with Gasteiger partial charge in [-0.25, -0.2) is 4.79 Å². The minimum atomic E-state index is -0.949. The van der Waals surface area contributed by atoms with Crippen LogP contribution in [-0.4, -0.2) is 42.7 Å². The summed E-state index contributed by atoms with van der Waals surface area (Å²) in [6.45, 7) is 1.02. The van der Waals surface area contributed by atoms with E-state index in [0.29, 0.717) is 28.0 Å². The molecule has 1 aliphatic rings. The first kappa shape index (κ1) is 21.4. The van der Waals surface area contributed by atoms with Gasteiger partial charge in [0, 0.05) is 30.2 Å². The average Bonchev–Trinajstić information content (AvgIpc) is 3.16. The Morgan fingerprint density at radius 2 is 2.17 bits per heavy atom. The van der Waals surface area contributed by atoms with Crippen LogP contribution in [0.4, 0.5) is 0 Å². The molecule has 1 saturated heterocycles. The second-order valence-electron chi connectivity index (χ2n) is 6.62. The SMILES string of the molecule is COC(=O)[C@@H]1C[C@H](OC(C)=O)C[C@H](Oc2ccc(CO)c3oc(CN=[N+]=[N-])cc23)O1. The summed E-state index contributed by atoms with van der Waals surface area (Å²) in [5.74, 6) is -0.309. The number of fused-ring (bicyclic) bond motifs is 1. The van der Waals surface area contributed by atoms with Crippen molar-refractivity contribution in [2.75, 3.05) is 7.11 Å². The van der Waals surface area contributed by atoms with E-state index in [0.717, 1.165) is 0 Å². The number of aliphatic hydroxyl groups is 1. The van der Waals surface area contributed by atoms with Crippen molar-refractivity contribution in [2.45, 2.75) is 51.4 Å². The molecule has 0 unspecified atom stereocenters. The van der Waals surface area contributed by atoms with E-state index in [1.807, 2.05) is 0 Å². The van der Waals surface area contributed by atoms with Crippen LogP contribution < -0.4 is 4.74 Å². The van der Waals surface area contributed by atoms with Crippen molar-refractivity contribution >= 4 is 22.9 Å². The summed E-state index contributed by atoms with van der Waals surface area (Å²) in [4.78, 5) is 26.0. The molecule has 0 radical (unpaired) electrons. The smallest absolute Gasteiger partial charge is 0.335 e. The Bertz CT molecular complexity index is 982. The van der Waals surface area contributed by atoms with E-state index in [-0.39, 0.29) is 26.0 Å². The van der Waals surface area contributed by atoms with E-state index >= 15 is 0 Å². The number of ether oxygens (including phenoxy) is 4. The van der Waals surface area contributed by atoms with Gasteiger partial charge in [0.25, 0.3) is 0 Å². The van der Waals surface area contributed by atoms with Crippen molar-refractivity contribution < 1.29 is 38.1 Å². The highest BCUT2D eigenvalue weighted by atomic mass is 16.7. The van der Waals surface area contributed by atoms with Crippen LogP contribution in [0.3, 0.4) is 0 Å². The van der Waals surface area contributed by atoms with Crippen LogP contribution in [0.15, 0.2) is 27.7 Å². The van der Waals surface area contributed by atoms with Crippen molar-refractivity contribution in [3.63, 3.8) is 0 Å². The number of rotatable bonds is 7. The highest BCUT2D eigenvalue weighted by molar-refractivity contribution is 5.87. The molecule has 1 aliphatic heterocycles. The molecular formula is C19H21N3O8. The van der Waals surface area contributed by atoms with Gasteiger partial charge in [-0.1, -0.05) is 5.11 Å². The van der Waals surface area contributed by atoms with Gasteiger partial charge in [0.15, 0.2) is 6.10 Å². The monoisotopic (exact) mass is 419 g/mol. The minimum Gasteiger partial charge on any atom is -0.467 e. The van der Waals surface area contributed by atoms with Gasteiger partial charge in [0.2, 0.25) is 6.29 Å². The number of carbonyl (C=O) groups is 2. The Labute approximate surface area is 171 Å². The Morgan fingerprint density at radius 3 is 2.83 bits per heavy atom. The van der Waals surface area contributed by atoms with Gasteiger partial charge in [-0.2, -0.15) is 0 Å². The molecule has 1 aromatic carbocycles. The molecule has 160 valence electrons. The lowest BCUT2D eigenvalue weighted by Crippen LogP contribution is -2.44. The number of azide groups is 1. The van der Waals surface area contributed by atoms with E-state index in [4.69, 9.17) is 28.9 Å². The molecule has 3 rings (SSSR count). The van der Waals surface area contributed by atoms with Crippen LogP contribution in [-0.2, 0) is 37.0 Å². The average molecular weight is 419 g/mol. The van der Waals surface area contributed by atoms with E-state index in [9.17, 15) is 14.7 Å². The molecule has 1 N–H and O–H groups in total. The van der Waals surface area contributed by atoms with E-state index < -0.39 is 30.4 Å². The Balaban J connectivity index is 1.89. The van der Waals surface area contributed by atoms with Gasteiger partial charge in [-0.3, -0.25) is 4.79 Å². The number of hydrogen-bond acceptors (Lipinski definition) is 9. The predicted molar refractivity (Wildman–Crippen MR) is 101 cm³/mol. The molecule has 0 spiro atoms. The number of nitrogens with zero attached hydrogens (tertiary/aromatic N) is 3. The second kappa shape index (κ2) is 9.49. The van der Waals surface area contributed by atoms with Crippen molar-refractivity contribution in [2.24, 2.45) is 5.11 Å². The zero-order valence-corrected chi connectivity index (χ0v) is 16.4. The van der Waals surface area contributed by atoms with Gasteiger partial charge >= 0.3 is 11.9 Å². The normalized spacial score (nSPS) is 21.0. The largest absolute Gasteiger partial charge is 0.467 e. The highest BCUT2D eigenvalue weighted by Crippen LogP contribution is 2.34. The lowest BCUT2D eigenvalue weighted by atomic mass is 10.0. The van der Waals surface area contributed by atoms with Gasteiger partial charge < -0.3 is 28.5 Å². The molecule has 3 atom stereocenters. The number of aliphatic hydroxyl groups excluding tert-OH is 1.